The molecule has 0 spiro atoms. The number of rotatable bonds is 6. The summed E-state index contributed by atoms with van der Waals surface area (Å²) in [6.45, 7) is 0.0341. The van der Waals surface area contributed by atoms with E-state index in [1.165, 1.54) is 7.11 Å². The number of aromatic nitrogens is 2. The lowest BCUT2D eigenvalue weighted by Crippen LogP contribution is -2.09. The van der Waals surface area contributed by atoms with Crippen molar-refractivity contribution < 1.29 is 18.8 Å². The Hall–Kier alpha value is -2.21. The second kappa shape index (κ2) is 6.10. The second-order valence-electron chi connectivity index (χ2n) is 3.86. The number of methoxy groups -OCH3 is 2. The molecule has 0 aliphatic heterocycles. The van der Waals surface area contributed by atoms with Gasteiger partial charge in [0.05, 0.1) is 19.1 Å². The van der Waals surface area contributed by atoms with E-state index in [9.17, 15) is 4.79 Å². The van der Waals surface area contributed by atoms with Crippen molar-refractivity contribution >= 4 is 5.78 Å². The Morgan fingerprint density at radius 2 is 2.11 bits per heavy atom. The van der Waals surface area contributed by atoms with Crippen LogP contribution < -0.4 is 4.74 Å². The summed E-state index contributed by atoms with van der Waals surface area (Å²) in [5.41, 5.74) is 0.721. The fraction of sp³-hybridized carbons (Fsp3) is 0.308. The molecule has 6 heteroatoms. The van der Waals surface area contributed by atoms with Gasteiger partial charge < -0.3 is 14.0 Å². The van der Waals surface area contributed by atoms with Crippen molar-refractivity contribution in [2.75, 3.05) is 20.8 Å². The third kappa shape index (κ3) is 3.17. The summed E-state index contributed by atoms with van der Waals surface area (Å²) in [4.78, 5) is 15.6. The molecule has 0 N–H and O–H groups in total. The first-order chi connectivity index (χ1) is 9.24. The van der Waals surface area contributed by atoms with Gasteiger partial charge in [0.25, 0.3) is 0 Å². The van der Waals surface area contributed by atoms with Crippen molar-refractivity contribution in [3.63, 3.8) is 0 Å². The third-order valence-electron chi connectivity index (χ3n) is 2.47. The number of ether oxygens (including phenoxy) is 2. The number of hydrogen-bond acceptors (Lipinski definition) is 6. The van der Waals surface area contributed by atoms with Crippen LogP contribution in [-0.4, -0.2) is 36.8 Å². The second-order valence-corrected chi connectivity index (χ2v) is 3.86. The van der Waals surface area contributed by atoms with Gasteiger partial charge in [0.1, 0.15) is 12.4 Å². The van der Waals surface area contributed by atoms with Crippen LogP contribution in [0.25, 0.3) is 11.4 Å². The average Bonchev–Trinajstić information content (AvgIpc) is 2.87. The Morgan fingerprint density at radius 3 is 2.84 bits per heavy atom. The molecule has 0 amide bonds. The third-order valence-corrected chi connectivity index (χ3v) is 2.47. The number of carbonyl (C=O) groups is 1. The standard InChI is InChI=1S/C13H14N2O4/c1-17-8-9(16)7-12-14-13(15-19-12)10-5-3-4-6-11(10)18-2/h3-6H,7-8H2,1-2H3. The van der Waals surface area contributed by atoms with Gasteiger partial charge in [-0.1, -0.05) is 17.3 Å². The van der Waals surface area contributed by atoms with Crippen LogP contribution >= 0.6 is 0 Å². The van der Waals surface area contributed by atoms with Crippen LogP contribution in [0, 0.1) is 0 Å². The van der Waals surface area contributed by atoms with E-state index in [0.29, 0.717) is 11.6 Å². The highest BCUT2D eigenvalue weighted by molar-refractivity contribution is 5.81. The maximum absolute atomic E-state index is 11.4. The molecule has 0 saturated heterocycles. The molecule has 0 aliphatic carbocycles. The minimum atomic E-state index is -0.113. The van der Waals surface area contributed by atoms with Gasteiger partial charge in [-0.3, -0.25) is 4.79 Å². The topological polar surface area (TPSA) is 74.5 Å². The molecule has 1 aromatic heterocycles. The number of hydrogen-bond donors (Lipinski definition) is 0. The zero-order valence-electron chi connectivity index (χ0n) is 10.8. The van der Waals surface area contributed by atoms with Gasteiger partial charge in [-0.05, 0) is 12.1 Å². The SMILES string of the molecule is COCC(=O)Cc1nc(-c2ccccc2OC)no1. The number of carbonyl (C=O) groups excluding carboxylic acids is 1. The van der Waals surface area contributed by atoms with E-state index in [-0.39, 0.29) is 24.7 Å². The van der Waals surface area contributed by atoms with E-state index in [1.807, 2.05) is 18.2 Å². The first-order valence-electron chi connectivity index (χ1n) is 5.71. The van der Waals surface area contributed by atoms with Crippen LogP contribution in [0.5, 0.6) is 5.75 Å². The van der Waals surface area contributed by atoms with E-state index in [1.54, 1.807) is 13.2 Å². The molecule has 19 heavy (non-hydrogen) atoms. The van der Waals surface area contributed by atoms with E-state index >= 15 is 0 Å². The van der Waals surface area contributed by atoms with Gasteiger partial charge in [0, 0.05) is 7.11 Å². The summed E-state index contributed by atoms with van der Waals surface area (Å²) in [5, 5.41) is 3.85. The molecule has 0 radical (unpaired) electrons. The molecular weight excluding hydrogens is 248 g/mol. The lowest BCUT2D eigenvalue weighted by Gasteiger charge is -2.02. The highest BCUT2D eigenvalue weighted by Crippen LogP contribution is 2.26. The van der Waals surface area contributed by atoms with Crippen molar-refractivity contribution in [1.82, 2.24) is 10.1 Å². The molecule has 0 bridgehead atoms. The molecule has 0 aliphatic rings. The molecule has 0 unspecified atom stereocenters. The van der Waals surface area contributed by atoms with Gasteiger partial charge in [0.2, 0.25) is 11.7 Å². The van der Waals surface area contributed by atoms with Gasteiger partial charge in [-0.25, -0.2) is 0 Å². The monoisotopic (exact) mass is 262 g/mol. The van der Waals surface area contributed by atoms with Gasteiger partial charge in [-0.15, -0.1) is 0 Å². The Kier molecular flexibility index (Phi) is 4.25. The van der Waals surface area contributed by atoms with Crippen molar-refractivity contribution in [3.8, 4) is 17.1 Å². The maximum atomic E-state index is 11.4. The van der Waals surface area contributed by atoms with Gasteiger partial charge in [0.15, 0.2) is 5.78 Å². The quantitative estimate of drug-likeness (QED) is 0.785. The zero-order valence-corrected chi connectivity index (χ0v) is 10.8. The van der Waals surface area contributed by atoms with Crippen LogP contribution in [-0.2, 0) is 16.0 Å². The van der Waals surface area contributed by atoms with Crippen LogP contribution in [0.4, 0.5) is 0 Å². The molecule has 6 nitrogen and oxygen atoms in total. The van der Waals surface area contributed by atoms with E-state index in [2.05, 4.69) is 10.1 Å². The summed E-state index contributed by atoms with van der Waals surface area (Å²) < 4.78 is 15.0. The minimum Gasteiger partial charge on any atom is -0.496 e. The van der Waals surface area contributed by atoms with Gasteiger partial charge in [-0.2, -0.15) is 4.98 Å². The van der Waals surface area contributed by atoms with Crippen molar-refractivity contribution in [3.05, 3.63) is 30.2 Å². The number of ketones is 1. The normalized spacial score (nSPS) is 10.4. The smallest absolute Gasteiger partial charge is 0.234 e. The highest BCUT2D eigenvalue weighted by Gasteiger charge is 2.14. The lowest BCUT2D eigenvalue weighted by atomic mass is 10.2. The Balaban J connectivity index is 2.19. The fourth-order valence-electron chi connectivity index (χ4n) is 1.65. The number of para-hydroxylation sites is 1. The first-order valence-corrected chi connectivity index (χ1v) is 5.71. The Morgan fingerprint density at radius 1 is 1.32 bits per heavy atom. The highest BCUT2D eigenvalue weighted by atomic mass is 16.5. The van der Waals surface area contributed by atoms with Crippen molar-refractivity contribution in [2.45, 2.75) is 6.42 Å². The van der Waals surface area contributed by atoms with Crippen LogP contribution in [0.2, 0.25) is 0 Å². The molecule has 1 aromatic carbocycles. The molecule has 2 aromatic rings. The van der Waals surface area contributed by atoms with E-state index < -0.39 is 0 Å². The molecule has 0 saturated carbocycles. The lowest BCUT2D eigenvalue weighted by molar-refractivity contribution is -0.122. The van der Waals surface area contributed by atoms with Gasteiger partial charge >= 0.3 is 0 Å². The molecule has 2 rings (SSSR count). The van der Waals surface area contributed by atoms with Crippen LogP contribution in [0.15, 0.2) is 28.8 Å². The summed E-state index contributed by atoms with van der Waals surface area (Å²) in [5.74, 6) is 1.21. The molecular formula is C13H14N2O4. The average molecular weight is 262 g/mol. The minimum absolute atomic E-state index is 0.0341. The van der Waals surface area contributed by atoms with Crippen LogP contribution in [0.3, 0.4) is 0 Å². The fourth-order valence-corrected chi connectivity index (χ4v) is 1.65. The van der Waals surface area contributed by atoms with E-state index in [0.717, 1.165) is 5.56 Å². The summed E-state index contributed by atoms with van der Waals surface area (Å²) in [7, 11) is 3.04. The summed E-state index contributed by atoms with van der Waals surface area (Å²) in [6.07, 6.45) is 0.0655. The van der Waals surface area contributed by atoms with Crippen LogP contribution in [0.1, 0.15) is 5.89 Å². The molecule has 0 atom stereocenters. The predicted molar refractivity (Wildman–Crippen MR) is 66.9 cm³/mol. The predicted octanol–water partition coefficient (Wildman–Crippen LogP) is 1.50. The molecule has 0 fully saturated rings. The van der Waals surface area contributed by atoms with E-state index in [4.69, 9.17) is 14.0 Å². The number of Topliss-reactive ketones (excluding diaryl/α,β-unsaturated/α-hetero) is 1. The Bertz CT molecular complexity index is 565. The summed E-state index contributed by atoms with van der Waals surface area (Å²) in [6, 6.07) is 7.33. The number of benzene rings is 1. The molecule has 100 valence electrons. The zero-order chi connectivity index (χ0) is 13.7. The van der Waals surface area contributed by atoms with Crippen molar-refractivity contribution in [2.24, 2.45) is 0 Å². The maximum Gasteiger partial charge on any atom is 0.234 e. The first kappa shape index (κ1) is 13.2. The number of nitrogens with zero attached hydrogens (tertiary/aromatic N) is 2. The largest absolute Gasteiger partial charge is 0.496 e. The molecule has 1 heterocycles. The Labute approximate surface area is 110 Å². The van der Waals surface area contributed by atoms with Crippen molar-refractivity contribution in [1.29, 1.82) is 0 Å². The summed E-state index contributed by atoms with van der Waals surface area (Å²) >= 11 is 0.